The van der Waals surface area contributed by atoms with E-state index in [-0.39, 0.29) is 11.8 Å². The molecule has 4 aromatic rings. The minimum absolute atomic E-state index is 0.0726. The van der Waals surface area contributed by atoms with Gasteiger partial charge in [0.2, 0.25) is 11.8 Å². The van der Waals surface area contributed by atoms with Crippen LogP contribution in [-0.4, -0.2) is 40.3 Å². The fraction of sp³-hybridized carbons (Fsp3) is 0.214. The highest BCUT2D eigenvalue weighted by Gasteiger charge is 2.17. The first-order chi connectivity index (χ1) is 18.0. The molecule has 0 bridgehead atoms. The number of rotatable bonds is 7. The van der Waals surface area contributed by atoms with Crippen molar-refractivity contribution >= 4 is 46.1 Å². The number of amides is 2. The van der Waals surface area contributed by atoms with E-state index in [9.17, 15) is 9.59 Å². The number of aryl methyl sites for hydroxylation is 1. The number of nitrogens with zero attached hydrogens (tertiary/aromatic N) is 3. The number of anilines is 3. The molecule has 5 rings (SSSR count). The second-order valence-corrected chi connectivity index (χ2v) is 8.95. The quantitative estimate of drug-likeness (QED) is 0.321. The number of benzene rings is 1. The zero-order valence-electron chi connectivity index (χ0n) is 20.7. The average molecular weight is 497 g/mol. The number of furan rings is 1. The highest BCUT2D eigenvalue weighted by atomic mass is 16.3. The van der Waals surface area contributed by atoms with Crippen LogP contribution in [0.5, 0.6) is 0 Å². The van der Waals surface area contributed by atoms with Gasteiger partial charge in [-0.2, -0.15) is 0 Å². The summed E-state index contributed by atoms with van der Waals surface area (Å²) in [4.78, 5) is 34.6. The second-order valence-electron chi connectivity index (χ2n) is 8.95. The van der Waals surface area contributed by atoms with E-state index in [1.165, 1.54) is 6.08 Å². The molecule has 1 aliphatic heterocycles. The number of nitrogens with one attached hydrogen (secondary N) is 3. The van der Waals surface area contributed by atoms with Crippen molar-refractivity contribution in [1.29, 1.82) is 0 Å². The van der Waals surface area contributed by atoms with Gasteiger partial charge in [-0.25, -0.2) is 4.98 Å². The number of hydrogen-bond acceptors (Lipinski definition) is 7. The zero-order chi connectivity index (χ0) is 25.8. The van der Waals surface area contributed by atoms with E-state index in [1.807, 2.05) is 37.3 Å². The molecule has 0 unspecified atom stereocenters. The summed E-state index contributed by atoms with van der Waals surface area (Å²) >= 11 is 0. The summed E-state index contributed by atoms with van der Waals surface area (Å²) in [7, 11) is 1.75. The molecule has 9 heteroatoms. The van der Waals surface area contributed by atoms with Crippen molar-refractivity contribution in [3.8, 4) is 0 Å². The number of fused-ring (bicyclic) bond motifs is 2. The summed E-state index contributed by atoms with van der Waals surface area (Å²) in [5, 5.41) is 10.4. The Morgan fingerprint density at radius 2 is 2.14 bits per heavy atom. The molecule has 1 aromatic carbocycles. The van der Waals surface area contributed by atoms with Crippen LogP contribution < -0.4 is 16.0 Å². The molecule has 3 N–H and O–H groups in total. The standard InChI is InChI=1S/C28H28N6O3/c1-18-24(37-23-7-3-5-20(27(18)23)15-31-21-6-4-11-29-16-21)17-34(2)26(36)9-8-19-13-22-28(32-14-19)33-25(35)10-12-30-22/h3-9,11,13-14,16,30-31H,10,12,15,17H2,1-2H3,(H,32,33,35)/b9-8+. The van der Waals surface area contributed by atoms with Crippen molar-refractivity contribution in [2.45, 2.75) is 26.4 Å². The van der Waals surface area contributed by atoms with Crippen LogP contribution in [0.2, 0.25) is 0 Å². The molecule has 9 nitrogen and oxygen atoms in total. The lowest BCUT2D eigenvalue weighted by molar-refractivity contribution is -0.125. The van der Waals surface area contributed by atoms with Crippen LogP contribution in [0.15, 0.2) is 65.5 Å². The van der Waals surface area contributed by atoms with E-state index < -0.39 is 0 Å². The van der Waals surface area contributed by atoms with Gasteiger partial charge < -0.3 is 25.3 Å². The fourth-order valence-electron chi connectivity index (χ4n) is 4.30. The van der Waals surface area contributed by atoms with Gasteiger partial charge in [-0.15, -0.1) is 0 Å². The van der Waals surface area contributed by atoms with Crippen LogP contribution >= 0.6 is 0 Å². The third-order valence-electron chi connectivity index (χ3n) is 6.29. The molecule has 0 spiro atoms. The maximum Gasteiger partial charge on any atom is 0.246 e. The Hall–Kier alpha value is -4.66. The third kappa shape index (κ3) is 5.45. The van der Waals surface area contributed by atoms with E-state index in [1.54, 1.807) is 36.6 Å². The van der Waals surface area contributed by atoms with Crippen molar-refractivity contribution in [1.82, 2.24) is 14.9 Å². The topological polar surface area (TPSA) is 112 Å². The summed E-state index contributed by atoms with van der Waals surface area (Å²) in [5.74, 6) is 1.02. The van der Waals surface area contributed by atoms with Crippen LogP contribution in [0, 0.1) is 6.92 Å². The van der Waals surface area contributed by atoms with Crippen LogP contribution in [0.1, 0.15) is 28.9 Å². The van der Waals surface area contributed by atoms with Gasteiger partial charge in [-0.3, -0.25) is 14.6 Å². The van der Waals surface area contributed by atoms with Gasteiger partial charge in [0.25, 0.3) is 0 Å². The monoisotopic (exact) mass is 496 g/mol. The molecule has 4 heterocycles. The van der Waals surface area contributed by atoms with Crippen LogP contribution in [-0.2, 0) is 22.7 Å². The van der Waals surface area contributed by atoms with E-state index in [2.05, 4.69) is 32.0 Å². The SMILES string of the molecule is Cc1c(CN(C)C(=O)/C=C/c2cnc3c(c2)NCCC(=O)N3)oc2cccc(CNc3cccnc3)c12. The maximum atomic E-state index is 12.8. The largest absolute Gasteiger partial charge is 0.459 e. The summed E-state index contributed by atoms with van der Waals surface area (Å²) in [6.07, 6.45) is 8.77. The zero-order valence-corrected chi connectivity index (χ0v) is 20.7. The van der Waals surface area contributed by atoms with Gasteiger partial charge in [0, 0.05) is 62.2 Å². The molecule has 0 saturated heterocycles. The van der Waals surface area contributed by atoms with Crippen LogP contribution in [0.4, 0.5) is 17.2 Å². The summed E-state index contributed by atoms with van der Waals surface area (Å²) in [6.45, 7) is 3.53. The van der Waals surface area contributed by atoms with Gasteiger partial charge in [-0.1, -0.05) is 12.1 Å². The molecule has 3 aromatic heterocycles. The fourth-order valence-corrected chi connectivity index (χ4v) is 4.30. The van der Waals surface area contributed by atoms with Gasteiger partial charge in [0.15, 0.2) is 5.82 Å². The second kappa shape index (κ2) is 10.5. The van der Waals surface area contributed by atoms with Crippen molar-refractivity contribution in [2.75, 3.05) is 29.5 Å². The Morgan fingerprint density at radius 1 is 1.24 bits per heavy atom. The van der Waals surface area contributed by atoms with E-state index >= 15 is 0 Å². The van der Waals surface area contributed by atoms with E-state index in [4.69, 9.17) is 4.42 Å². The minimum atomic E-state index is -0.158. The Balaban J connectivity index is 1.27. The number of aromatic nitrogens is 2. The predicted octanol–water partition coefficient (Wildman–Crippen LogP) is 4.57. The normalized spacial score (nSPS) is 13.1. The summed E-state index contributed by atoms with van der Waals surface area (Å²) in [6, 6.07) is 11.7. The highest BCUT2D eigenvalue weighted by Crippen LogP contribution is 2.30. The van der Waals surface area contributed by atoms with E-state index in [0.717, 1.165) is 44.8 Å². The van der Waals surface area contributed by atoms with Gasteiger partial charge >= 0.3 is 0 Å². The summed E-state index contributed by atoms with van der Waals surface area (Å²) < 4.78 is 6.15. The first-order valence-corrected chi connectivity index (χ1v) is 12.1. The lowest BCUT2D eigenvalue weighted by Crippen LogP contribution is -2.24. The molecule has 2 amide bonds. The molecule has 0 saturated carbocycles. The molecule has 37 heavy (non-hydrogen) atoms. The average Bonchev–Trinajstić information content (AvgIpc) is 3.10. The molecule has 188 valence electrons. The number of likely N-dealkylation sites (N-methyl/N-ethyl adjacent to an activating group) is 1. The number of hydrogen-bond donors (Lipinski definition) is 3. The molecule has 0 atom stereocenters. The minimum Gasteiger partial charge on any atom is -0.459 e. The first kappa shape index (κ1) is 24.1. The third-order valence-corrected chi connectivity index (χ3v) is 6.29. The molecule has 0 radical (unpaired) electrons. The lowest BCUT2D eigenvalue weighted by atomic mass is 10.1. The van der Waals surface area contributed by atoms with E-state index in [0.29, 0.717) is 31.9 Å². The molecule has 0 fully saturated rings. The highest BCUT2D eigenvalue weighted by molar-refractivity contribution is 5.95. The Bertz CT molecular complexity index is 1480. The Morgan fingerprint density at radius 3 is 2.97 bits per heavy atom. The Kier molecular flexibility index (Phi) is 6.85. The molecule has 0 aliphatic carbocycles. The van der Waals surface area contributed by atoms with Crippen molar-refractivity contribution in [3.63, 3.8) is 0 Å². The molecular weight excluding hydrogens is 468 g/mol. The number of carbonyl (C=O) groups is 2. The van der Waals surface area contributed by atoms with Gasteiger partial charge in [-0.05, 0) is 48.4 Å². The lowest BCUT2D eigenvalue weighted by Gasteiger charge is -2.14. The van der Waals surface area contributed by atoms with Crippen molar-refractivity contribution in [2.24, 2.45) is 0 Å². The Labute approximate surface area is 214 Å². The number of pyridine rings is 2. The summed E-state index contributed by atoms with van der Waals surface area (Å²) in [5.41, 5.74) is 5.37. The van der Waals surface area contributed by atoms with Gasteiger partial charge in [0.05, 0.1) is 17.9 Å². The van der Waals surface area contributed by atoms with Crippen molar-refractivity contribution in [3.05, 3.63) is 83.5 Å². The van der Waals surface area contributed by atoms with Gasteiger partial charge in [0.1, 0.15) is 11.3 Å². The first-order valence-electron chi connectivity index (χ1n) is 12.1. The molecule has 1 aliphatic rings. The predicted molar refractivity (Wildman–Crippen MR) is 144 cm³/mol. The maximum absolute atomic E-state index is 12.8. The van der Waals surface area contributed by atoms with Crippen LogP contribution in [0.3, 0.4) is 0 Å². The van der Waals surface area contributed by atoms with Crippen molar-refractivity contribution < 1.29 is 14.0 Å². The smallest absolute Gasteiger partial charge is 0.246 e. The number of carbonyl (C=O) groups excluding carboxylic acids is 2. The molecular formula is C28H28N6O3. The van der Waals surface area contributed by atoms with Crippen LogP contribution in [0.25, 0.3) is 17.0 Å².